The largest absolute Gasteiger partial charge is 0.467 e. The summed E-state index contributed by atoms with van der Waals surface area (Å²) in [6.07, 6.45) is 6.23. The van der Waals surface area contributed by atoms with E-state index in [-0.39, 0.29) is 22.0 Å². The Morgan fingerprint density at radius 2 is 1.86 bits per heavy atom. The number of fused-ring (bicyclic) bond motifs is 1. The van der Waals surface area contributed by atoms with Crippen LogP contribution in [0.15, 0.2) is 35.3 Å². The van der Waals surface area contributed by atoms with Gasteiger partial charge in [-0.1, -0.05) is 54.6 Å². The summed E-state index contributed by atoms with van der Waals surface area (Å²) in [6.45, 7) is 0.530. The van der Waals surface area contributed by atoms with Crippen LogP contribution in [0.3, 0.4) is 0 Å². The first kappa shape index (κ1) is 24.9. The number of ketones is 1. The Morgan fingerprint density at radius 3 is 2.53 bits per heavy atom. The highest BCUT2D eigenvalue weighted by Crippen LogP contribution is 2.47. The fourth-order valence-electron chi connectivity index (χ4n) is 5.70. The Morgan fingerprint density at radius 1 is 1.14 bits per heavy atom. The monoisotopic (exact) mass is 527 g/mol. The van der Waals surface area contributed by atoms with Gasteiger partial charge in [-0.2, -0.15) is 0 Å². The normalized spacial score (nSPS) is 20.2. The molecule has 1 unspecified atom stereocenters. The predicted molar refractivity (Wildman–Crippen MR) is 138 cm³/mol. The van der Waals surface area contributed by atoms with Gasteiger partial charge in [0.2, 0.25) is 0 Å². The number of nitrogens with zero attached hydrogens (tertiary/aromatic N) is 3. The summed E-state index contributed by atoms with van der Waals surface area (Å²) < 4.78 is 5.06. The van der Waals surface area contributed by atoms with Crippen LogP contribution < -0.4 is 4.90 Å². The smallest absolute Gasteiger partial charge is 0.330 e. The predicted octanol–water partition coefficient (Wildman–Crippen LogP) is 5.04. The number of ether oxygens (including phenoxy) is 1. The van der Waals surface area contributed by atoms with Gasteiger partial charge in [0.15, 0.2) is 6.04 Å². The molecule has 9 heteroatoms. The van der Waals surface area contributed by atoms with E-state index in [0.717, 1.165) is 54.6 Å². The zero-order valence-electron chi connectivity index (χ0n) is 20.1. The van der Waals surface area contributed by atoms with Gasteiger partial charge in [0.05, 0.1) is 12.5 Å². The maximum atomic E-state index is 13.1. The number of Topliss-reactive ketones (excluding diaryl/α,β-unsaturated/α-hetero) is 1. The number of rotatable bonds is 5. The molecule has 1 amide bonds. The Labute approximate surface area is 219 Å². The number of halogens is 2. The second-order valence-corrected chi connectivity index (χ2v) is 10.5. The highest BCUT2D eigenvalue weighted by Gasteiger charge is 2.52. The van der Waals surface area contributed by atoms with Gasteiger partial charge >= 0.3 is 5.97 Å². The molecule has 2 fully saturated rings. The molecule has 1 aliphatic heterocycles. The van der Waals surface area contributed by atoms with E-state index >= 15 is 0 Å². The van der Waals surface area contributed by atoms with Gasteiger partial charge < -0.3 is 9.64 Å². The van der Waals surface area contributed by atoms with Crippen molar-refractivity contribution in [3.8, 4) is 0 Å². The van der Waals surface area contributed by atoms with Gasteiger partial charge in [-0.05, 0) is 48.6 Å². The number of pyridine rings is 1. The highest BCUT2D eigenvalue weighted by molar-refractivity contribution is 6.33. The van der Waals surface area contributed by atoms with Crippen LogP contribution in [0.4, 0.5) is 5.69 Å². The molecule has 5 rings (SSSR count). The molecule has 7 nitrogen and oxygen atoms in total. The van der Waals surface area contributed by atoms with Crippen molar-refractivity contribution in [1.82, 2.24) is 4.98 Å². The molecule has 0 bridgehead atoms. The van der Waals surface area contributed by atoms with E-state index in [1.165, 1.54) is 19.2 Å². The molecule has 2 aromatic rings. The summed E-state index contributed by atoms with van der Waals surface area (Å²) >= 11 is 12.0. The van der Waals surface area contributed by atoms with Crippen molar-refractivity contribution < 1.29 is 19.1 Å². The van der Waals surface area contributed by atoms with Crippen molar-refractivity contribution in [3.05, 3.63) is 57.3 Å². The molecule has 2 heterocycles. The number of amides is 1. The second kappa shape index (κ2) is 9.94. The molecule has 0 N–H and O–H groups in total. The van der Waals surface area contributed by atoms with Crippen molar-refractivity contribution in [2.24, 2.45) is 10.4 Å². The third-order valence-corrected chi connectivity index (χ3v) is 8.02. The summed E-state index contributed by atoms with van der Waals surface area (Å²) in [5.41, 5.74) is 3.55. The number of esters is 1. The molecule has 2 aliphatic carbocycles. The number of hydrogen-bond acceptors (Lipinski definition) is 6. The first-order valence-electron chi connectivity index (χ1n) is 12.3. The number of hydrogen-bond donors (Lipinski definition) is 0. The number of carbonyl (C=O) groups is 3. The van der Waals surface area contributed by atoms with Crippen molar-refractivity contribution in [3.63, 3.8) is 0 Å². The molecule has 1 atom stereocenters. The van der Waals surface area contributed by atoms with Crippen molar-refractivity contribution in [2.45, 2.75) is 57.4 Å². The zero-order valence-corrected chi connectivity index (χ0v) is 21.6. The van der Waals surface area contributed by atoms with Crippen LogP contribution in [0.2, 0.25) is 10.3 Å². The lowest BCUT2D eigenvalue weighted by molar-refractivity contribution is -0.142. The molecular formula is C27H27Cl2N3O4. The van der Waals surface area contributed by atoms with Crippen LogP contribution in [0.5, 0.6) is 0 Å². The van der Waals surface area contributed by atoms with E-state index in [0.29, 0.717) is 31.4 Å². The third-order valence-electron chi connectivity index (χ3n) is 7.63. The summed E-state index contributed by atoms with van der Waals surface area (Å²) in [4.78, 5) is 48.7. The van der Waals surface area contributed by atoms with E-state index in [4.69, 9.17) is 32.9 Å². The van der Waals surface area contributed by atoms with Crippen LogP contribution >= 0.6 is 23.2 Å². The van der Waals surface area contributed by atoms with Crippen LogP contribution in [0.25, 0.3) is 0 Å². The first-order chi connectivity index (χ1) is 17.3. The Bertz CT molecular complexity index is 1250. The van der Waals surface area contributed by atoms with E-state index in [2.05, 4.69) is 4.98 Å². The van der Waals surface area contributed by atoms with Crippen molar-refractivity contribution in [2.75, 3.05) is 18.6 Å². The van der Waals surface area contributed by atoms with Crippen molar-refractivity contribution in [1.29, 1.82) is 0 Å². The molecule has 0 radical (unpaired) electrons. The maximum absolute atomic E-state index is 13.1. The van der Waals surface area contributed by atoms with Gasteiger partial charge in [0.25, 0.3) is 5.91 Å². The van der Waals surface area contributed by atoms with E-state index in [1.54, 1.807) is 4.90 Å². The van der Waals surface area contributed by atoms with Gasteiger partial charge in [0, 0.05) is 36.3 Å². The first-order valence-corrected chi connectivity index (χ1v) is 13.0. The Balaban J connectivity index is 1.36. The molecule has 3 aliphatic rings. The fraction of sp³-hybridized carbons (Fsp3) is 0.444. The molecule has 0 saturated heterocycles. The standard InChI is InChI=1S/C27H27Cl2N3O4/c1-36-26(35)19(30-21-15-22(33)27(21)8-3-2-4-9-27)12-16-5-6-20-17(11-16)7-10-32(20)25(34)18-13-23(28)31-24(29)14-18/h5-6,11,13-14,19H,2-4,7-10,12,15H2,1H3. The minimum atomic E-state index is -0.699. The van der Waals surface area contributed by atoms with E-state index in [1.807, 2.05) is 18.2 Å². The number of benzene rings is 1. The number of aromatic nitrogens is 1. The minimum absolute atomic E-state index is 0.166. The molecule has 36 heavy (non-hydrogen) atoms. The molecular weight excluding hydrogens is 501 g/mol. The van der Waals surface area contributed by atoms with E-state index in [9.17, 15) is 14.4 Å². The SMILES string of the molecule is COC(=O)C(Cc1ccc2c(c1)CCN2C(=O)c1cc(Cl)nc(Cl)c1)N=C1CC(=O)C12CCCCC2. The van der Waals surface area contributed by atoms with Crippen LogP contribution in [0, 0.1) is 5.41 Å². The van der Waals surface area contributed by atoms with Crippen LogP contribution in [-0.2, 0) is 27.2 Å². The maximum Gasteiger partial charge on any atom is 0.330 e. The zero-order chi connectivity index (χ0) is 25.4. The Kier molecular flexibility index (Phi) is 6.88. The van der Waals surface area contributed by atoms with Crippen molar-refractivity contribution >= 4 is 52.3 Å². The van der Waals surface area contributed by atoms with Gasteiger partial charge in [0.1, 0.15) is 16.1 Å². The lowest BCUT2D eigenvalue weighted by Gasteiger charge is -2.44. The number of anilines is 1. The summed E-state index contributed by atoms with van der Waals surface area (Å²) in [7, 11) is 1.36. The lowest BCUT2D eigenvalue weighted by atomic mass is 9.58. The molecule has 1 spiro atoms. The minimum Gasteiger partial charge on any atom is -0.467 e. The molecule has 1 aromatic heterocycles. The van der Waals surface area contributed by atoms with Gasteiger partial charge in [-0.3, -0.25) is 14.6 Å². The average Bonchev–Trinajstić information content (AvgIpc) is 3.30. The molecule has 188 valence electrons. The summed E-state index contributed by atoms with van der Waals surface area (Å²) in [5.74, 6) is -0.348. The van der Waals surface area contributed by atoms with E-state index < -0.39 is 17.4 Å². The quantitative estimate of drug-likeness (QED) is 0.401. The summed E-state index contributed by atoms with van der Waals surface area (Å²) in [5, 5.41) is 0.332. The van der Waals surface area contributed by atoms with Gasteiger partial charge in [-0.25, -0.2) is 9.78 Å². The average molecular weight is 528 g/mol. The number of methoxy groups -OCH3 is 1. The number of carbonyl (C=O) groups excluding carboxylic acids is 3. The second-order valence-electron chi connectivity index (χ2n) is 9.73. The lowest BCUT2D eigenvalue weighted by Crippen LogP contribution is -2.52. The topological polar surface area (TPSA) is 88.9 Å². The van der Waals surface area contributed by atoms with Crippen LogP contribution in [-0.4, -0.2) is 48.1 Å². The summed E-state index contributed by atoms with van der Waals surface area (Å²) in [6, 6.07) is 8.15. The third kappa shape index (κ3) is 4.55. The fourth-order valence-corrected chi connectivity index (χ4v) is 6.16. The van der Waals surface area contributed by atoms with Crippen LogP contribution in [0.1, 0.15) is 60.0 Å². The molecule has 1 aromatic carbocycles. The highest BCUT2D eigenvalue weighted by atomic mass is 35.5. The molecule has 2 saturated carbocycles. The number of aliphatic imine (C=N–C) groups is 1. The van der Waals surface area contributed by atoms with Gasteiger partial charge in [-0.15, -0.1) is 0 Å². The Hall–Kier alpha value is -2.77.